The van der Waals surface area contributed by atoms with E-state index in [4.69, 9.17) is 0 Å². The molecule has 2 heteroatoms. The van der Waals surface area contributed by atoms with Gasteiger partial charge in [0.25, 0.3) is 0 Å². The second-order valence-corrected chi connectivity index (χ2v) is 6.19. The van der Waals surface area contributed by atoms with Crippen LogP contribution in [0.3, 0.4) is 0 Å². The van der Waals surface area contributed by atoms with Gasteiger partial charge in [-0.25, -0.2) is 0 Å². The molecule has 1 fully saturated rings. The van der Waals surface area contributed by atoms with Gasteiger partial charge >= 0.3 is 0 Å². The van der Waals surface area contributed by atoms with Gasteiger partial charge in [0.15, 0.2) is 0 Å². The second-order valence-electron chi connectivity index (χ2n) is 6.19. The van der Waals surface area contributed by atoms with Gasteiger partial charge in [-0.05, 0) is 75.4 Å². The number of hydrogen-bond donors (Lipinski definition) is 1. The maximum atomic E-state index is 3.65. The Balaban J connectivity index is 2.07. The molecule has 1 atom stereocenters. The molecule has 1 aliphatic rings. The Morgan fingerprint density at radius 1 is 1.16 bits per heavy atom. The highest BCUT2D eigenvalue weighted by Gasteiger charge is 2.17. The molecule has 0 bridgehead atoms. The fourth-order valence-electron chi connectivity index (χ4n) is 3.18. The third-order valence-electron chi connectivity index (χ3n) is 4.72. The smallest absolute Gasteiger partial charge is 0.0198 e. The van der Waals surface area contributed by atoms with Crippen molar-refractivity contribution in [3.63, 3.8) is 0 Å². The van der Waals surface area contributed by atoms with Crippen molar-refractivity contribution in [1.29, 1.82) is 0 Å². The van der Waals surface area contributed by atoms with Gasteiger partial charge in [0.05, 0.1) is 0 Å². The second kappa shape index (κ2) is 6.06. The van der Waals surface area contributed by atoms with Crippen molar-refractivity contribution >= 4 is 0 Å². The van der Waals surface area contributed by atoms with Crippen LogP contribution in [0.15, 0.2) is 6.07 Å². The first kappa shape index (κ1) is 14.5. The molecule has 0 saturated carbocycles. The Bertz CT molecular complexity index is 425. The minimum Gasteiger partial charge on any atom is -0.311 e. The van der Waals surface area contributed by atoms with Crippen molar-refractivity contribution in [2.45, 2.75) is 46.6 Å². The van der Waals surface area contributed by atoms with Crippen LogP contribution in [0, 0.1) is 27.7 Å². The zero-order valence-corrected chi connectivity index (χ0v) is 13.1. The molecule has 1 N–H and O–H groups in total. The molecule has 1 saturated heterocycles. The van der Waals surface area contributed by atoms with Crippen molar-refractivity contribution in [2.75, 3.05) is 26.7 Å². The Morgan fingerprint density at radius 3 is 2.37 bits per heavy atom. The lowest BCUT2D eigenvalue weighted by Gasteiger charge is -2.31. The van der Waals surface area contributed by atoms with Gasteiger partial charge in [0.1, 0.15) is 0 Å². The SMILES string of the molecule is Cc1cc(C)c(C)c(CCC2CN(C)CCN2)c1C. The van der Waals surface area contributed by atoms with E-state index < -0.39 is 0 Å². The molecular formula is C17H28N2. The zero-order chi connectivity index (χ0) is 14.0. The molecule has 0 amide bonds. The molecule has 2 rings (SSSR count). The fraction of sp³-hybridized carbons (Fsp3) is 0.647. The molecule has 0 radical (unpaired) electrons. The van der Waals surface area contributed by atoms with Gasteiger partial charge in [-0.2, -0.15) is 0 Å². The molecule has 2 nitrogen and oxygen atoms in total. The monoisotopic (exact) mass is 260 g/mol. The molecule has 19 heavy (non-hydrogen) atoms. The van der Waals surface area contributed by atoms with E-state index in [1.54, 1.807) is 5.56 Å². The number of hydrogen-bond acceptors (Lipinski definition) is 2. The van der Waals surface area contributed by atoms with Crippen LogP contribution >= 0.6 is 0 Å². The predicted octanol–water partition coefficient (Wildman–Crippen LogP) is 2.76. The van der Waals surface area contributed by atoms with Crippen LogP contribution in [0.1, 0.15) is 34.2 Å². The summed E-state index contributed by atoms with van der Waals surface area (Å²) in [7, 11) is 2.22. The number of likely N-dealkylation sites (N-methyl/N-ethyl adjacent to an activating group) is 1. The highest BCUT2D eigenvalue weighted by atomic mass is 15.2. The highest BCUT2D eigenvalue weighted by Crippen LogP contribution is 2.23. The first-order valence-corrected chi connectivity index (χ1v) is 7.47. The van der Waals surface area contributed by atoms with Crippen LogP contribution in [0.25, 0.3) is 0 Å². The lowest BCUT2D eigenvalue weighted by molar-refractivity contribution is 0.232. The van der Waals surface area contributed by atoms with Crippen LogP contribution < -0.4 is 5.32 Å². The fourth-order valence-corrected chi connectivity index (χ4v) is 3.18. The minimum absolute atomic E-state index is 0.651. The van der Waals surface area contributed by atoms with Gasteiger partial charge in [-0.1, -0.05) is 6.07 Å². The van der Waals surface area contributed by atoms with Gasteiger partial charge in [0.2, 0.25) is 0 Å². The number of benzene rings is 1. The summed E-state index contributed by atoms with van der Waals surface area (Å²) in [6.07, 6.45) is 2.45. The molecule has 1 aromatic rings. The maximum absolute atomic E-state index is 3.65. The van der Waals surface area contributed by atoms with E-state index in [9.17, 15) is 0 Å². The summed E-state index contributed by atoms with van der Waals surface area (Å²) in [5, 5.41) is 3.65. The Hall–Kier alpha value is -0.860. The number of piperazine rings is 1. The molecule has 1 aromatic carbocycles. The van der Waals surface area contributed by atoms with Gasteiger partial charge < -0.3 is 10.2 Å². The van der Waals surface area contributed by atoms with E-state index in [-0.39, 0.29) is 0 Å². The van der Waals surface area contributed by atoms with Crippen LogP contribution in [0.5, 0.6) is 0 Å². The van der Waals surface area contributed by atoms with Crippen LogP contribution in [0.4, 0.5) is 0 Å². The van der Waals surface area contributed by atoms with Gasteiger partial charge in [-0.3, -0.25) is 0 Å². The van der Waals surface area contributed by atoms with Crippen LogP contribution in [-0.4, -0.2) is 37.6 Å². The average Bonchev–Trinajstić information content (AvgIpc) is 2.36. The van der Waals surface area contributed by atoms with Crippen molar-refractivity contribution in [2.24, 2.45) is 0 Å². The molecule has 0 spiro atoms. The van der Waals surface area contributed by atoms with Crippen molar-refractivity contribution in [1.82, 2.24) is 10.2 Å². The van der Waals surface area contributed by atoms with E-state index in [0.29, 0.717) is 6.04 Å². The standard InChI is InChI=1S/C17H28N2/c1-12-10-13(2)15(4)17(14(12)3)7-6-16-11-19(5)9-8-18-16/h10,16,18H,6-9,11H2,1-5H3. The van der Waals surface area contributed by atoms with Crippen molar-refractivity contribution < 1.29 is 0 Å². The first-order chi connectivity index (χ1) is 8.99. The highest BCUT2D eigenvalue weighted by molar-refractivity contribution is 5.44. The topological polar surface area (TPSA) is 15.3 Å². The largest absolute Gasteiger partial charge is 0.311 e. The molecule has 0 aliphatic carbocycles. The Morgan fingerprint density at radius 2 is 1.79 bits per heavy atom. The Labute approximate surface area is 118 Å². The van der Waals surface area contributed by atoms with E-state index in [0.717, 1.165) is 6.54 Å². The number of nitrogens with one attached hydrogen (secondary N) is 1. The summed E-state index contributed by atoms with van der Waals surface area (Å²) in [5.74, 6) is 0. The van der Waals surface area contributed by atoms with E-state index in [1.165, 1.54) is 48.2 Å². The van der Waals surface area contributed by atoms with Crippen LogP contribution in [0.2, 0.25) is 0 Å². The predicted molar refractivity (Wildman–Crippen MR) is 83.0 cm³/mol. The number of rotatable bonds is 3. The third kappa shape index (κ3) is 3.37. The molecule has 1 unspecified atom stereocenters. The van der Waals surface area contributed by atoms with Gasteiger partial charge in [0, 0.05) is 25.7 Å². The van der Waals surface area contributed by atoms with Crippen molar-refractivity contribution in [3.05, 3.63) is 33.9 Å². The summed E-state index contributed by atoms with van der Waals surface area (Å²) in [4.78, 5) is 2.43. The first-order valence-electron chi connectivity index (χ1n) is 7.47. The molecular weight excluding hydrogens is 232 g/mol. The number of aryl methyl sites for hydroxylation is 2. The van der Waals surface area contributed by atoms with Gasteiger partial charge in [-0.15, -0.1) is 0 Å². The normalized spacial score (nSPS) is 20.8. The minimum atomic E-state index is 0.651. The molecule has 0 aromatic heterocycles. The van der Waals surface area contributed by atoms with Crippen LogP contribution in [-0.2, 0) is 6.42 Å². The lowest BCUT2D eigenvalue weighted by Crippen LogP contribution is -2.49. The maximum Gasteiger partial charge on any atom is 0.0198 e. The Kier molecular flexibility index (Phi) is 4.64. The quantitative estimate of drug-likeness (QED) is 0.899. The summed E-state index contributed by atoms with van der Waals surface area (Å²) in [6, 6.07) is 2.97. The summed E-state index contributed by atoms with van der Waals surface area (Å²) >= 11 is 0. The summed E-state index contributed by atoms with van der Waals surface area (Å²) in [5.41, 5.74) is 7.44. The molecule has 106 valence electrons. The van der Waals surface area contributed by atoms with E-state index in [1.807, 2.05) is 0 Å². The third-order valence-corrected chi connectivity index (χ3v) is 4.72. The lowest BCUT2D eigenvalue weighted by atomic mass is 9.90. The number of nitrogens with zero attached hydrogens (tertiary/aromatic N) is 1. The zero-order valence-electron chi connectivity index (χ0n) is 13.1. The summed E-state index contributed by atoms with van der Waals surface area (Å²) in [6.45, 7) is 12.5. The molecule has 1 heterocycles. The molecule has 1 aliphatic heterocycles. The summed E-state index contributed by atoms with van der Waals surface area (Å²) < 4.78 is 0. The van der Waals surface area contributed by atoms with E-state index in [2.05, 4.69) is 51.0 Å². The van der Waals surface area contributed by atoms with Crippen molar-refractivity contribution in [3.8, 4) is 0 Å². The van der Waals surface area contributed by atoms with E-state index >= 15 is 0 Å². The average molecular weight is 260 g/mol.